The number of fused-ring (bicyclic) bond motifs is 1. The molecule has 3 aromatic rings. The Kier molecular flexibility index (Phi) is 4.57. The summed E-state index contributed by atoms with van der Waals surface area (Å²) in [6.45, 7) is 2.04. The fourth-order valence-corrected chi connectivity index (χ4v) is 3.83. The second-order valence-electron chi connectivity index (χ2n) is 5.94. The number of aromatic nitrogens is 3. The lowest BCUT2D eigenvalue weighted by Gasteiger charge is -2.20. The lowest BCUT2D eigenvalue weighted by Crippen LogP contribution is -2.21. The zero-order chi connectivity index (χ0) is 19.0. The summed E-state index contributed by atoms with van der Waals surface area (Å²) in [6.07, 6.45) is 0. The van der Waals surface area contributed by atoms with Crippen molar-refractivity contribution in [2.75, 3.05) is 14.2 Å². The lowest BCUT2D eigenvalue weighted by atomic mass is 10.1. The Morgan fingerprint density at radius 1 is 0.963 bits per heavy atom. The van der Waals surface area contributed by atoms with Gasteiger partial charge in [-0.25, -0.2) is 4.39 Å². The van der Waals surface area contributed by atoms with E-state index in [0.717, 1.165) is 16.8 Å². The molecule has 0 radical (unpaired) electrons. The number of halogens is 1. The molecule has 0 aliphatic carbocycles. The Hall–Kier alpha value is -2.87. The molecule has 0 N–H and O–H groups in total. The van der Waals surface area contributed by atoms with Crippen molar-refractivity contribution in [1.82, 2.24) is 14.9 Å². The zero-order valence-electron chi connectivity index (χ0n) is 15.0. The highest BCUT2D eigenvalue weighted by atomic mass is 32.2. The smallest absolute Gasteiger partial charge is 0.213 e. The van der Waals surface area contributed by atoms with E-state index >= 15 is 0 Å². The van der Waals surface area contributed by atoms with Crippen molar-refractivity contribution in [1.29, 1.82) is 0 Å². The molecule has 138 valence electrons. The van der Waals surface area contributed by atoms with Crippen molar-refractivity contribution in [3.63, 3.8) is 0 Å². The van der Waals surface area contributed by atoms with E-state index in [0.29, 0.717) is 22.5 Å². The van der Waals surface area contributed by atoms with Crippen LogP contribution in [0.15, 0.2) is 52.7 Å². The molecule has 2 heterocycles. The highest BCUT2D eigenvalue weighted by molar-refractivity contribution is 8.00. The van der Waals surface area contributed by atoms with E-state index in [-0.39, 0.29) is 11.1 Å². The SMILES string of the molecule is COc1ccc(-c2nnc3n2N=C(c2ccc(F)cc2)[C@H](C)S3)cc1OC. The first-order chi connectivity index (χ1) is 13.1. The highest BCUT2D eigenvalue weighted by Gasteiger charge is 2.26. The quantitative estimate of drug-likeness (QED) is 0.684. The van der Waals surface area contributed by atoms with Crippen LogP contribution in [0.1, 0.15) is 12.5 Å². The van der Waals surface area contributed by atoms with Gasteiger partial charge in [-0.3, -0.25) is 0 Å². The van der Waals surface area contributed by atoms with E-state index in [1.54, 1.807) is 42.8 Å². The van der Waals surface area contributed by atoms with Gasteiger partial charge in [-0.05, 0) is 42.8 Å². The summed E-state index contributed by atoms with van der Waals surface area (Å²) in [4.78, 5) is 0. The Morgan fingerprint density at radius 2 is 1.67 bits per heavy atom. The van der Waals surface area contributed by atoms with Crippen LogP contribution in [0.2, 0.25) is 0 Å². The van der Waals surface area contributed by atoms with Gasteiger partial charge in [0, 0.05) is 5.56 Å². The zero-order valence-corrected chi connectivity index (χ0v) is 15.8. The minimum atomic E-state index is -0.272. The number of thioether (sulfide) groups is 1. The minimum Gasteiger partial charge on any atom is -0.493 e. The summed E-state index contributed by atoms with van der Waals surface area (Å²) in [6, 6.07) is 11.9. The molecule has 0 unspecified atom stereocenters. The number of nitrogens with zero attached hydrogens (tertiary/aromatic N) is 4. The highest BCUT2D eigenvalue weighted by Crippen LogP contribution is 2.35. The molecule has 2 aromatic carbocycles. The van der Waals surface area contributed by atoms with Crippen LogP contribution < -0.4 is 9.47 Å². The standard InChI is InChI=1S/C19H17FN4O2S/c1-11-17(12-4-7-14(20)8-5-12)23-24-18(21-22-19(24)27-11)13-6-9-15(25-2)16(10-13)26-3/h4-11H,1-3H3/t11-/m0/s1. The molecule has 0 saturated heterocycles. The summed E-state index contributed by atoms with van der Waals surface area (Å²) >= 11 is 1.56. The van der Waals surface area contributed by atoms with Gasteiger partial charge in [-0.15, -0.1) is 10.2 Å². The minimum absolute atomic E-state index is 0.0745. The normalized spacial score (nSPS) is 15.9. The van der Waals surface area contributed by atoms with Crippen LogP contribution in [0, 0.1) is 5.82 Å². The van der Waals surface area contributed by atoms with Gasteiger partial charge in [0.1, 0.15) is 5.82 Å². The van der Waals surface area contributed by atoms with Crippen molar-refractivity contribution >= 4 is 17.5 Å². The summed E-state index contributed by atoms with van der Waals surface area (Å²) in [5, 5.41) is 14.1. The van der Waals surface area contributed by atoms with Gasteiger partial charge in [0.25, 0.3) is 0 Å². The molecule has 8 heteroatoms. The van der Waals surface area contributed by atoms with Crippen molar-refractivity contribution in [2.24, 2.45) is 5.10 Å². The number of hydrogen-bond donors (Lipinski definition) is 0. The van der Waals surface area contributed by atoms with Gasteiger partial charge in [-0.2, -0.15) is 9.78 Å². The van der Waals surface area contributed by atoms with Crippen LogP contribution in [0.4, 0.5) is 4.39 Å². The summed E-state index contributed by atoms with van der Waals surface area (Å²) < 4.78 is 25.6. The Labute approximate surface area is 160 Å². The first-order valence-electron chi connectivity index (χ1n) is 8.30. The van der Waals surface area contributed by atoms with E-state index in [9.17, 15) is 4.39 Å². The topological polar surface area (TPSA) is 61.5 Å². The van der Waals surface area contributed by atoms with Crippen LogP contribution in [-0.4, -0.2) is 40.1 Å². The lowest BCUT2D eigenvalue weighted by molar-refractivity contribution is 0.355. The fourth-order valence-electron chi connectivity index (χ4n) is 2.90. The van der Waals surface area contributed by atoms with Crippen molar-refractivity contribution < 1.29 is 13.9 Å². The number of methoxy groups -OCH3 is 2. The molecule has 0 bridgehead atoms. The summed E-state index contributed by atoms with van der Waals surface area (Å²) in [5.41, 5.74) is 2.52. The predicted octanol–water partition coefficient (Wildman–Crippen LogP) is 3.85. The molecular formula is C19H17FN4O2S. The third-order valence-electron chi connectivity index (χ3n) is 4.27. The summed E-state index contributed by atoms with van der Waals surface area (Å²) in [7, 11) is 3.18. The monoisotopic (exact) mass is 384 g/mol. The molecule has 4 rings (SSSR count). The number of benzene rings is 2. The van der Waals surface area contributed by atoms with Gasteiger partial charge >= 0.3 is 0 Å². The molecule has 0 fully saturated rings. The number of ether oxygens (including phenoxy) is 2. The molecule has 0 saturated carbocycles. The Balaban J connectivity index is 1.80. The molecular weight excluding hydrogens is 367 g/mol. The first-order valence-corrected chi connectivity index (χ1v) is 9.18. The van der Waals surface area contributed by atoms with Crippen LogP contribution in [0.3, 0.4) is 0 Å². The van der Waals surface area contributed by atoms with Crippen LogP contribution in [0.5, 0.6) is 11.5 Å². The molecule has 27 heavy (non-hydrogen) atoms. The van der Waals surface area contributed by atoms with E-state index < -0.39 is 0 Å². The van der Waals surface area contributed by atoms with Crippen LogP contribution >= 0.6 is 11.8 Å². The van der Waals surface area contributed by atoms with Gasteiger partial charge in [0.15, 0.2) is 17.3 Å². The third-order valence-corrected chi connectivity index (χ3v) is 5.31. The maximum Gasteiger partial charge on any atom is 0.213 e. The van der Waals surface area contributed by atoms with Crippen molar-refractivity contribution in [3.8, 4) is 22.9 Å². The molecule has 1 aliphatic rings. The molecule has 6 nitrogen and oxygen atoms in total. The first kappa shape index (κ1) is 17.5. The maximum atomic E-state index is 13.3. The largest absolute Gasteiger partial charge is 0.493 e. The van der Waals surface area contributed by atoms with Gasteiger partial charge < -0.3 is 9.47 Å². The molecule has 1 atom stereocenters. The average Bonchev–Trinajstić information content (AvgIpc) is 3.10. The Bertz CT molecular complexity index is 1020. The second-order valence-corrected chi connectivity index (χ2v) is 7.25. The van der Waals surface area contributed by atoms with Gasteiger partial charge in [-0.1, -0.05) is 23.9 Å². The average molecular weight is 384 g/mol. The van der Waals surface area contributed by atoms with E-state index in [1.807, 2.05) is 25.1 Å². The predicted molar refractivity (Wildman–Crippen MR) is 102 cm³/mol. The van der Waals surface area contributed by atoms with Gasteiger partial charge in [0.2, 0.25) is 5.16 Å². The van der Waals surface area contributed by atoms with E-state index in [4.69, 9.17) is 14.6 Å². The van der Waals surface area contributed by atoms with E-state index in [1.165, 1.54) is 12.1 Å². The number of hydrogen-bond acceptors (Lipinski definition) is 6. The molecule has 1 aliphatic heterocycles. The van der Waals surface area contributed by atoms with Crippen LogP contribution in [-0.2, 0) is 0 Å². The Morgan fingerprint density at radius 3 is 2.37 bits per heavy atom. The summed E-state index contributed by atoms with van der Waals surface area (Å²) in [5.74, 6) is 1.57. The maximum absolute atomic E-state index is 13.3. The van der Waals surface area contributed by atoms with Crippen LogP contribution in [0.25, 0.3) is 11.4 Å². The molecule has 1 aromatic heterocycles. The van der Waals surface area contributed by atoms with E-state index in [2.05, 4.69) is 10.2 Å². The third kappa shape index (κ3) is 3.16. The fraction of sp³-hybridized carbons (Fsp3) is 0.211. The molecule has 0 amide bonds. The van der Waals surface area contributed by atoms with Crippen molar-refractivity contribution in [2.45, 2.75) is 17.3 Å². The van der Waals surface area contributed by atoms with Gasteiger partial charge in [0.05, 0.1) is 25.2 Å². The number of rotatable bonds is 4. The van der Waals surface area contributed by atoms with Crippen molar-refractivity contribution in [3.05, 3.63) is 53.8 Å². The molecule has 0 spiro atoms. The second kappa shape index (κ2) is 7.03.